The van der Waals surface area contributed by atoms with Gasteiger partial charge in [0.15, 0.2) is 0 Å². The van der Waals surface area contributed by atoms with Crippen LogP contribution < -0.4 is 0 Å². The molecule has 0 saturated heterocycles. The van der Waals surface area contributed by atoms with Crippen LogP contribution in [0.5, 0.6) is 0 Å². The summed E-state index contributed by atoms with van der Waals surface area (Å²) in [6.07, 6.45) is -4.32. The van der Waals surface area contributed by atoms with Crippen LogP contribution in [0.1, 0.15) is 31.1 Å². The molecule has 0 bridgehead atoms. The maximum absolute atomic E-state index is 12.5. The zero-order valence-electron chi connectivity index (χ0n) is 11.1. The van der Waals surface area contributed by atoms with E-state index in [1.807, 2.05) is 13.8 Å². The first-order chi connectivity index (χ1) is 9.32. The summed E-state index contributed by atoms with van der Waals surface area (Å²) in [5, 5.41) is 4.39. The Labute approximate surface area is 120 Å². The van der Waals surface area contributed by atoms with E-state index in [0.717, 1.165) is 17.8 Å². The summed E-state index contributed by atoms with van der Waals surface area (Å²) in [7, 11) is 0. The standard InChI is InChI=1S/C14H14ClF3N2/c1-9(2)20-12(8-15)7-13(19-20)10-3-5-11(6-4-10)14(16,17)18/h3-7,9H,8H2,1-2H3. The fourth-order valence-corrected chi connectivity index (χ4v) is 2.15. The van der Waals surface area contributed by atoms with Crippen LogP contribution in [0.4, 0.5) is 13.2 Å². The minimum atomic E-state index is -4.32. The van der Waals surface area contributed by atoms with E-state index in [1.54, 1.807) is 10.7 Å². The Kier molecular flexibility index (Phi) is 4.09. The normalized spacial score (nSPS) is 12.2. The van der Waals surface area contributed by atoms with E-state index in [9.17, 15) is 13.2 Å². The lowest BCUT2D eigenvalue weighted by Gasteiger charge is -2.08. The Morgan fingerprint density at radius 2 is 1.80 bits per heavy atom. The number of benzene rings is 1. The third-order valence-corrected chi connectivity index (χ3v) is 3.22. The predicted octanol–water partition coefficient (Wildman–Crippen LogP) is 4.89. The maximum Gasteiger partial charge on any atom is 0.416 e. The topological polar surface area (TPSA) is 17.8 Å². The highest BCUT2D eigenvalue weighted by atomic mass is 35.5. The second kappa shape index (κ2) is 5.48. The van der Waals surface area contributed by atoms with Gasteiger partial charge in [-0.2, -0.15) is 18.3 Å². The summed E-state index contributed by atoms with van der Waals surface area (Å²) in [6.45, 7) is 3.94. The molecule has 2 rings (SSSR count). The highest BCUT2D eigenvalue weighted by Gasteiger charge is 2.30. The molecule has 0 atom stereocenters. The first-order valence-corrected chi connectivity index (χ1v) is 6.68. The van der Waals surface area contributed by atoms with Gasteiger partial charge in [0.05, 0.1) is 22.8 Å². The van der Waals surface area contributed by atoms with Crippen molar-refractivity contribution in [3.8, 4) is 11.3 Å². The van der Waals surface area contributed by atoms with Crippen LogP contribution in [0.2, 0.25) is 0 Å². The highest BCUT2D eigenvalue weighted by molar-refractivity contribution is 6.16. The molecule has 0 aliphatic carbocycles. The van der Waals surface area contributed by atoms with Gasteiger partial charge < -0.3 is 0 Å². The van der Waals surface area contributed by atoms with E-state index >= 15 is 0 Å². The van der Waals surface area contributed by atoms with Gasteiger partial charge in [-0.05, 0) is 32.0 Å². The van der Waals surface area contributed by atoms with E-state index in [-0.39, 0.29) is 6.04 Å². The van der Waals surface area contributed by atoms with Gasteiger partial charge >= 0.3 is 6.18 Å². The fourth-order valence-electron chi connectivity index (χ4n) is 1.95. The van der Waals surface area contributed by atoms with Crippen molar-refractivity contribution in [2.75, 3.05) is 0 Å². The molecular formula is C14H14ClF3N2. The van der Waals surface area contributed by atoms with Crippen molar-refractivity contribution in [1.82, 2.24) is 9.78 Å². The van der Waals surface area contributed by atoms with Crippen LogP contribution in [0.15, 0.2) is 30.3 Å². The Hall–Kier alpha value is -1.49. The minimum Gasteiger partial charge on any atom is -0.265 e. The highest BCUT2D eigenvalue weighted by Crippen LogP contribution is 2.31. The van der Waals surface area contributed by atoms with Crippen LogP contribution in [-0.4, -0.2) is 9.78 Å². The molecule has 0 amide bonds. The van der Waals surface area contributed by atoms with E-state index in [1.165, 1.54) is 12.1 Å². The van der Waals surface area contributed by atoms with Crippen molar-refractivity contribution >= 4 is 11.6 Å². The minimum absolute atomic E-state index is 0.145. The monoisotopic (exact) mass is 302 g/mol. The van der Waals surface area contributed by atoms with E-state index in [4.69, 9.17) is 11.6 Å². The SMILES string of the molecule is CC(C)n1nc(-c2ccc(C(F)(F)F)cc2)cc1CCl. The maximum atomic E-state index is 12.5. The van der Waals surface area contributed by atoms with Gasteiger partial charge in [-0.15, -0.1) is 11.6 Å². The van der Waals surface area contributed by atoms with E-state index < -0.39 is 11.7 Å². The van der Waals surface area contributed by atoms with Crippen LogP contribution in [0, 0.1) is 0 Å². The Bertz CT molecular complexity index is 585. The van der Waals surface area contributed by atoms with Gasteiger partial charge in [-0.1, -0.05) is 12.1 Å². The number of hydrogen-bond acceptors (Lipinski definition) is 1. The molecule has 2 nitrogen and oxygen atoms in total. The first kappa shape index (κ1) is 14.9. The average molecular weight is 303 g/mol. The number of hydrogen-bond donors (Lipinski definition) is 0. The molecule has 2 aromatic rings. The summed E-state index contributed by atoms with van der Waals surface area (Å²) >= 11 is 5.85. The second-order valence-electron chi connectivity index (χ2n) is 4.77. The molecule has 0 fully saturated rings. The summed E-state index contributed by atoms with van der Waals surface area (Å²) in [6, 6.07) is 6.91. The molecule has 20 heavy (non-hydrogen) atoms. The Balaban J connectivity index is 2.37. The Morgan fingerprint density at radius 3 is 2.20 bits per heavy atom. The second-order valence-corrected chi connectivity index (χ2v) is 5.04. The molecule has 108 valence electrons. The van der Waals surface area contributed by atoms with Gasteiger partial charge in [-0.25, -0.2) is 0 Å². The molecule has 0 spiro atoms. The fraction of sp³-hybridized carbons (Fsp3) is 0.357. The van der Waals surface area contributed by atoms with Crippen molar-refractivity contribution in [3.05, 3.63) is 41.6 Å². The van der Waals surface area contributed by atoms with Crippen LogP contribution in [0.3, 0.4) is 0 Å². The van der Waals surface area contributed by atoms with Crippen LogP contribution >= 0.6 is 11.6 Å². The number of nitrogens with zero attached hydrogens (tertiary/aromatic N) is 2. The van der Waals surface area contributed by atoms with Gasteiger partial charge in [-0.3, -0.25) is 4.68 Å². The molecule has 6 heteroatoms. The predicted molar refractivity (Wildman–Crippen MR) is 72.6 cm³/mol. The molecular weight excluding hydrogens is 289 g/mol. The third kappa shape index (κ3) is 2.98. The number of rotatable bonds is 3. The summed E-state index contributed by atoms with van der Waals surface area (Å²) in [5.41, 5.74) is 1.45. The molecule has 1 aromatic heterocycles. The lowest BCUT2D eigenvalue weighted by atomic mass is 10.1. The van der Waals surface area contributed by atoms with Crippen molar-refractivity contribution < 1.29 is 13.2 Å². The molecule has 0 N–H and O–H groups in total. The molecule has 0 saturated carbocycles. The van der Waals surface area contributed by atoms with Gasteiger partial charge in [0.2, 0.25) is 0 Å². The third-order valence-electron chi connectivity index (χ3n) is 2.95. The quantitative estimate of drug-likeness (QED) is 0.738. The number of alkyl halides is 4. The van der Waals surface area contributed by atoms with Crippen molar-refractivity contribution in [1.29, 1.82) is 0 Å². The number of halogens is 4. The summed E-state index contributed by atoms with van der Waals surface area (Å²) in [5.74, 6) is 0.311. The Morgan fingerprint density at radius 1 is 1.20 bits per heavy atom. The molecule has 1 heterocycles. The average Bonchev–Trinajstić information content (AvgIpc) is 2.82. The van der Waals surface area contributed by atoms with Gasteiger partial charge in [0.1, 0.15) is 0 Å². The molecule has 1 aromatic carbocycles. The lowest BCUT2D eigenvalue weighted by molar-refractivity contribution is -0.137. The van der Waals surface area contributed by atoms with Crippen molar-refractivity contribution in [2.24, 2.45) is 0 Å². The molecule has 0 aliphatic rings. The van der Waals surface area contributed by atoms with Crippen molar-refractivity contribution in [3.63, 3.8) is 0 Å². The van der Waals surface area contributed by atoms with Crippen molar-refractivity contribution in [2.45, 2.75) is 31.9 Å². The zero-order valence-corrected chi connectivity index (χ0v) is 11.8. The summed E-state index contributed by atoms with van der Waals surface area (Å²) < 4.78 is 39.3. The lowest BCUT2D eigenvalue weighted by Crippen LogP contribution is -2.06. The summed E-state index contributed by atoms with van der Waals surface area (Å²) in [4.78, 5) is 0. The smallest absolute Gasteiger partial charge is 0.265 e. The van der Waals surface area contributed by atoms with E-state index in [0.29, 0.717) is 17.1 Å². The largest absolute Gasteiger partial charge is 0.416 e. The van der Waals surface area contributed by atoms with Gasteiger partial charge in [0.25, 0.3) is 0 Å². The van der Waals surface area contributed by atoms with Crippen LogP contribution in [0.25, 0.3) is 11.3 Å². The molecule has 0 radical (unpaired) electrons. The van der Waals surface area contributed by atoms with Crippen LogP contribution in [-0.2, 0) is 12.1 Å². The first-order valence-electron chi connectivity index (χ1n) is 6.15. The van der Waals surface area contributed by atoms with Gasteiger partial charge in [0, 0.05) is 11.6 Å². The molecule has 0 aliphatic heterocycles. The molecule has 0 unspecified atom stereocenters. The zero-order chi connectivity index (χ0) is 14.9. The van der Waals surface area contributed by atoms with E-state index in [2.05, 4.69) is 5.10 Å². The number of aromatic nitrogens is 2.